The number of hydrogen-bond donors (Lipinski definition) is 0. The van der Waals surface area contributed by atoms with Gasteiger partial charge in [-0.1, -0.05) is 6.92 Å². The molecule has 1 aliphatic heterocycles. The van der Waals surface area contributed by atoms with Crippen LogP contribution in [0.4, 0.5) is 5.82 Å². The van der Waals surface area contributed by atoms with Crippen LogP contribution in [0.2, 0.25) is 5.28 Å². The fourth-order valence-electron chi connectivity index (χ4n) is 3.11. The molecule has 2 aromatic heterocycles. The van der Waals surface area contributed by atoms with Gasteiger partial charge in [-0.05, 0) is 37.3 Å². The zero-order valence-electron chi connectivity index (χ0n) is 11.2. The second-order valence-corrected chi connectivity index (χ2v) is 5.66. The predicted octanol–water partition coefficient (Wildman–Crippen LogP) is 2.53. The smallest absolute Gasteiger partial charge is 0.224 e. The van der Waals surface area contributed by atoms with E-state index in [-0.39, 0.29) is 6.04 Å². The van der Waals surface area contributed by atoms with Crippen molar-refractivity contribution in [3.05, 3.63) is 23.6 Å². The molecule has 0 radical (unpaired) electrons. The summed E-state index contributed by atoms with van der Waals surface area (Å²) in [6.45, 7) is 2.17. The molecule has 3 heterocycles. The predicted molar refractivity (Wildman–Crippen MR) is 75.1 cm³/mol. The molecule has 1 saturated carbocycles. The van der Waals surface area contributed by atoms with Crippen molar-refractivity contribution in [2.75, 3.05) is 4.90 Å². The number of halogens is 1. The number of aromatic nitrogens is 5. The maximum absolute atomic E-state index is 6.01. The lowest BCUT2D eigenvalue weighted by Crippen LogP contribution is -2.46. The molecule has 0 aromatic carbocycles. The van der Waals surface area contributed by atoms with Gasteiger partial charge in [-0.2, -0.15) is 4.98 Å². The Balaban J connectivity index is 1.93. The Morgan fingerprint density at radius 2 is 2.25 bits per heavy atom. The van der Waals surface area contributed by atoms with Gasteiger partial charge in [0.05, 0.1) is 12.2 Å². The Labute approximate surface area is 121 Å². The lowest BCUT2D eigenvalue weighted by atomic mass is 9.89. The van der Waals surface area contributed by atoms with E-state index in [9.17, 15) is 0 Å². The lowest BCUT2D eigenvalue weighted by molar-refractivity contribution is 0.342. The minimum atomic E-state index is 0.210. The minimum absolute atomic E-state index is 0.210. The van der Waals surface area contributed by atoms with Crippen molar-refractivity contribution in [3.63, 3.8) is 0 Å². The number of fused-ring (bicyclic) bond motifs is 3. The fraction of sp³-hybridized carbons (Fsp3) is 0.538. The summed E-state index contributed by atoms with van der Waals surface area (Å²) in [5.74, 6) is 1.88. The van der Waals surface area contributed by atoms with Crippen LogP contribution in [0.1, 0.15) is 44.5 Å². The van der Waals surface area contributed by atoms with Gasteiger partial charge in [0.15, 0.2) is 11.6 Å². The molecule has 0 N–H and O–H groups in total. The molecule has 104 valence electrons. The molecule has 1 aliphatic carbocycles. The summed E-state index contributed by atoms with van der Waals surface area (Å²) in [6.07, 6.45) is 8.13. The van der Waals surface area contributed by atoms with Crippen LogP contribution >= 0.6 is 11.6 Å². The van der Waals surface area contributed by atoms with Gasteiger partial charge in [0.2, 0.25) is 5.28 Å². The van der Waals surface area contributed by atoms with Crippen molar-refractivity contribution in [3.8, 4) is 5.69 Å². The maximum Gasteiger partial charge on any atom is 0.224 e. The molecular formula is C13H15ClN6. The van der Waals surface area contributed by atoms with Crippen LogP contribution in [0.25, 0.3) is 5.69 Å². The van der Waals surface area contributed by atoms with E-state index in [1.165, 1.54) is 19.3 Å². The Kier molecular flexibility index (Phi) is 2.66. The topological polar surface area (TPSA) is 59.7 Å². The van der Waals surface area contributed by atoms with Crippen molar-refractivity contribution < 1.29 is 0 Å². The van der Waals surface area contributed by atoms with Gasteiger partial charge in [0, 0.05) is 6.04 Å². The third-order valence-corrected chi connectivity index (χ3v) is 4.47. The van der Waals surface area contributed by atoms with Crippen molar-refractivity contribution in [2.45, 2.75) is 44.7 Å². The minimum Gasteiger partial charge on any atom is -0.341 e. The Hall–Kier alpha value is -1.69. The van der Waals surface area contributed by atoms with Gasteiger partial charge >= 0.3 is 0 Å². The molecule has 1 fully saturated rings. The highest BCUT2D eigenvalue weighted by molar-refractivity contribution is 6.28. The second kappa shape index (κ2) is 4.41. The number of hydrogen-bond acceptors (Lipinski definition) is 5. The summed E-state index contributed by atoms with van der Waals surface area (Å²) in [5, 5.41) is 8.65. The van der Waals surface area contributed by atoms with Crippen molar-refractivity contribution in [1.29, 1.82) is 0 Å². The van der Waals surface area contributed by atoms with Gasteiger partial charge < -0.3 is 4.90 Å². The third-order valence-electron chi connectivity index (χ3n) is 4.29. The van der Waals surface area contributed by atoms with Crippen molar-refractivity contribution in [1.82, 2.24) is 24.7 Å². The van der Waals surface area contributed by atoms with Crippen molar-refractivity contribution in [2.24, 2.45) is 0 Å². The largest absolute Gasteiger partial charge is 0.341 e. The normalized spacial score (nSPS) is 21.3. The van der Waals surface area contributed by atoms with E-state index in [4.69, 9.17) is 11.6 Å². The summed E-state index contributed by atoms with van der Waals surface area (Å²) in [4.78, 5) is 11.0. The molecule has 2 aliphatic rings. The second-order valence-electron chi connectivity index (χ2n) is 5.32. The first-order valence-corrected chi connectivity index (χ1v) is 7.38. The summed E-state index contributed by atoms with van der Waals surface area (Å²) < 4.78 is 1.98. The maximum atomic E-state index is 6.01. The van der Waals surface area contributed by atoms with E-state index in [2.05, 4.69) is 32.0 Å². The molecule has 0 saturated heterocycles. The molecule has 0 spiro atoms. The molecular weight excluding hydrogens is 276 g/mol. The number of rotatable bonds is 2. The van der Waals surface area contributed by atoms with Gasteiger partial charge in [-0.25, -0.2) is 4.98 Å². The molecule has 1 unspecified atom stereocenters. The molecule has 0 amide bonds. The first-order valence-electron chi connectivity index (χ1n) is 7.00. The molecule has 7 heteroatoms. The van der Waals surface area contributed by atoms with Crippen molar-refractivity contribution >= 4 is 17.4 Å². The average Bonchev–Trinajstić information content (AvgIpc) is 2.86. The SMILES string of the molecule is CCC1c2nncn2-c2cnc(Cl)nc2N1C1CCC1. The van der Waals surface area contributed by atoms with E-state index in [0.29, 0.717) is 11.3 Å². The third kappa shape index (κ3) is 1.57. The van der Waals surface area contributed by atoms with E-state index in [1.54, 1.807) is 12.5 Å². The zero-order chi connectivity index (χ0) is 13.7. The molecule has 20 heavy (non-hydrogen) atoms. The Bertz CT molecular complexity index is 650. The quantitative estimate of drug-likeness (QED) is 0.796. The van der Waals surface area contributed by atoms with E-state index in [0.717, 1.165) is 23.8 Å². The Morgan fingerprint density at radius 3 is 2.95 bits per heavy atom. The van der Waals surface area contributed by atoms with Gasteiger partial charge in [0.25, 0.3) is 0 Å². The van der Waals surface area contributed by atoms with Crippen LogP contribution in [0.5, 0.6) is 0 Å². The monoisotopic (exact) mass is 290 g/mol. The summed E-state index contributed by atoms with van der Waals surface area (Å²) >= 11 is 6.01. The van der Waals surface area contributed by atoms with Crippen LogP contribution in [0.15, 0.2) is 12.5 Å². The first kappa shape index (κ1) is 12.1. The van der Waals surface area contributed by atoms with Crippen LogP contribution in [0.3, 0.4) is 0 Å². The highest BCUT2D eigenvalue weighted by atomic mass is 35.5. The molecule has 2 aromatic rings. The van der Waals surface area contributed by atoms with E-state index in [1.807, 2.05) is 4.57 Å². The lowest BCUT2D eigenvalue weighted by Gasteiger charge is -2.45. The van der Waals surface area contributed by atoms with Gasteiger partial charge in [0.1, 0.15) is 12.0 Å². The number of nitrogens with zero attached hydrogens (tertiary/aromatic N) is 6. The standard InChI is InChI=1S/C13H15ClN6/c1-2-9-12-18-16-7-19(12)10-6-15-13(14)17-11(10)20(9)8-4-3-5-8/h6-9H,2-5H2,1H3. The summed E-state index contributed by atoms with van der Waals surface area (Å²) in [7, 11) is 0. The van der Waals surface area contributed by atoms with Gasteiger partial charge in [-0.3, -0.25) is 4.57 Å². The Morgan fingerprint density at radius 1 is 1.40 bits per heavy atom. The van der Waals surface area contributed by atoms with Gasteiger partial charge in [-0.15, -0.1) is 10.2 Å². The molecule has 6 nitrogen and oxygen atoms in total. The highest BCUT2D eigenvalue weighted by Gasteiger charge is 2.39. The zero-order valence-corrected chi connectivity index (χ0v) is 12.0. The van der Waals surface area contributed by atoms with Crippen LogP contribution in [0, 0.1) is 0 Å². The molecule has 4 rings (SSSR count). The average molecular weight is 291 g/mol. The summed E-state index contributed by atoms with van der Waals surface area (Å²) in [6, 6.07) is 0.733. The fourth-order valence-corrected chi connectivity index (χ4v) is 3.23. The van der Waals surface area contributed by atoms with Crippen LogP contribution in [-0.4, -0.2) is 30.8 Å². The highest BCUT2D eigenvalue weighted by Crippen LogP contribution is 2.43. The number of anilines is 1. The first-order chi connectivity index (χ1) is 9.79. The van der Waals surface area contributed by atoms with E-state index < -0.39 is 0 Å². The van der Waals surface area contributed by atoms with Crippen LogP contribution < -0.4 is 4.90 Å². The summed E-state index contributed by atoms with van der Waals surface area (Å²) in [5.41, 5.74) is 0.922. The molecule has 1 atom stereocenters. The van der Waals surface area contributed by atoms with Crippen LogP contribution in [-0.2, 0) is 0 Å². The molecule has 0 bridgehead atoms. The van der Waals surface area contributed by atoms with E-state index >= 15 is 0 Å².